The number of nitrogens with zero attached hydrogens (tertiary/aromatic N) is 2. The minimum atomic E-state index is -4.24. The third kappa shape index (κ3) is 13.8. The normalized spacial score (nSPS) is 15.2. The van der Waals surface area contributed by atoms with Crippen molar-refractivity contribution in [3.63, 3.8) is 0 Å². The topological polar surface area (TPSA) is 288 Å². The molecule has 76 heavy (non-hydrogen) atoms. The lowest BCUT2D eigenvalue weighted by Gasteiger charge is -2.27. The Balaban J connectivity index is 0.643. The zero-order valence-corrected chi connectivity index (χ0v) is 42.2. The molecule has 5 aromatic rings. The van der Waals surface area contributed by atoms with E-state index >= 15 is 4.39 Å². The van der Waals surface area contributed by atoms with Gasteiger partial charge in [0.15, 0.2) is 0 Å². The lowest BCUT2D eigenvalue weighted by atomic mass is 9.94. The summed E-state index contributed by atoms with van der Waals surface area (Å²) in [5.74, 6) is -3.23. The molecule has 21 nitrogen and oxygen atoms in total. The molecule has 1 aromatic heterocycles. The smallest absolute Gasteiger partial charge is 0.264 e. The summed E-state index contributed by atoms with van der Waals surface area (Å²) in [6.45, 7) is 4.94. The maximum absolute atomic E-state index is 15.6. The van der Waals surface area contributed by atoms with E-state index < -0.39 is 45.5 Å². The first kappa shape index (κ1) is 54.6. The molecule has 4 aromatic carbocycles. The number of nitrogen functional groups attached to an aromatic ring is 1. The summed E-state index contributed by atoms with van der Waals surface area (Å²) in [6, 6.07) is 20.6. The Morgan fingerprint density at radius 2 is 1.46 bits per heavy atom. The highest BCUT2D eigenvalue weighted by Gasteiger charge is 2.45. The molecule has 23 heteroatoms. The Hall–Kier alpha value is -7.67. The Bertz CT molecular complexity index is 3110. The van der Waals surface area contributed by atoms with Gasteiger partial charge in [-0.1, -0.05) is 30.3 Å². The molecule has 0 saturated carbocycles. The summed E-state index contributed by atoms with van der Waals surface area (Å²) in [5, 5.41) is 14.1. The number of anilines is 4. The van der Waals surface area contributed by atoms with Crippen LogP contribution in [0.3, 0.4) is 0 Å². The van der Waals surface area contributed by atoms with Gasteiger partial charge in [-0.25, -0.2) is 17.8 Å². The molecule has 0 aliphatic carbocycles. The van der Waals surface area contributed by atoms with Gasteiger partial charge in [0.25, 0.3) is 27.7 Å². The highest BCUT2D eigenvalue weighted by atomic mass is 32.2. The van der Waals surface area contributed by atoms with Crippen molar-refractivity contribution in [2.24, 2.45) is 0 Å². The molecule has 6 amide bonds. The highest BCUT2D eigenvalue weighted by Crippen LogP contribution is 2.35. The van der Waals surface area contributed by atoms with Crippen molar-refractivity contribution in [1.82, 2.24) is 25.8 Å². The third-order valence-corrected chi connectivity index (χ3v) is 13.9. The quantitative estimate of drug-likeness (QED) is 0.0288. The monoisotopic (exact) mass is 1060 g/mol. The summed E-state index contributed by atoms with van der Waals surface area (Å²) in [7, 11) is -4.24. The molecule has 1 saturated heterocycles. The molecular weight excluding hydrogens is 1010 g/mol. The van der Waals surface area contributed by atoms with E-state index in [2.05, 4.69) is 36.3 Å². The number of rotatable bonds is 27. The van der Waals surface area contributed by atoms with E-state index in [0.29, 0.717) is 126 Å². The van der Waals surface area contributed by atoms with Crippen molar-refractivity contribution in [3.05, 3.63) is 119 Å². The number of ether oxygens (including phenoxy) is 4. The van der Waals surface area contributed by atoms with Crippen LogP contribution in [-0.4, -0.2) is 139 Å². The minimum absolute atomic E-state index is 0.0498. The number of imide groups is 2. The maximum Gasteiger partial charge on any atom is 0.264 e. The van der Waals surface area contributed by atoms with Crippen LogP contribution in [0.4, 0.5) is 27.3 Å². The fraction of sp³-hybridized carbons (Fsp3) is 0.340. The van der Waals surface area contributed by atoms with Crippen LogP contribution >= 0.6 is 0 Å². The third-order valence-electron chi connectivity index (χ3n) is 12.5. The first-order valence-corrected chi connectivity index (χ1v) is 26.3. The van der Waals surface area contributed by atoms with Crippen LogP contribution in [0.2, 0.25) is 0 Å². The van der Waals surface area contributed by atoms with Gasteiger partial charge in [0, 0.05) is 85.5 Å². The van der Waals surface area contributed by atoms with Gasteiger partial charge in [-0.2, -0.15) is 0 Å². The lowest BCUT2D eigenvalue weighted by Crippen LogP contribution is -2.54. The van der Waals surface area contributed by atoms with Gasteiger partial charge in [0.2, 0.25) is 17.7 Å². The molecule has 1 unspecified atom stereocenters. The number of nitrogens with one attached hydrogen (secondary N) is 6. The van der Waals surface area contributed by atoms with E-state index in [4.69, 9.17) is 24.7 Å². The number of aromatic nitrogens is 1. The Morgan fingerprint density at radius 1 is 0.737 bits per heavy atom. The predicted molar refractivity (Wildman–Crippen MR) is 278 cm³/mol. The van der Waals surface area contributed by atoms with Gasteiger partial charge in [0.05, 0.1) is 68.0 Å². The number of halogens is 1. The molecule has 8 rings (SSSR count). The van der Waals surface area contributed by atoms with Crippen LogP contribution < -0.4 is 37.0 Å². The van der Waals surface area contributed by atoms with Crippen LogP contribution in [0.25, 0.3) is 22.3 Å². The number of carbonyl (C=O) groups is 6. The van der Waals surface area contributed by atoms with Crippen LogP contribution in [-0.2, 0) is 49.8 Å². The number of pyridine rings is 1. The molecule has 3 aliphatic heterocycles. The fourth-order valence-electron chi connectivity index (χ4n) is 8.74. The molecule has 0 bridgehead atoms. The molecule has 400 valence electrons. The van der Waals surface area contributed by atoms with Crippen molar-refractivity contribution in [2.45, 2.75) is 43.0 Å². The number of amides is 6. The first-order valence-electron chi connectivity index (χ1n) is 24.8. The van der Waals surface area contributed by atoms with Gasteiger partial charge in [0.1, 0.15) is 17.7 Å². The van der Waals surface area contributed by atoms with Crippen molar-refractivity contribution in [2.75, 3.05) is 100 Å². The lowest BCUT2D eigenvalue weighted by molar-refractivity contribution is -0.136. The zero-order valence-electron chi connectivity index (χ0n) is 41.4. The first-order chi connectivity index (χ1) is 36.8. The van der Waals surface area contributed by atoms with Crippen molar-refractivity contribution >= 4 is 68.3 Å². The van der Waals surface area contributed by atoms with E-state index in [9.17, 15) is 37.2 Å². The van der Waals surface area contributed by atoms with Crippen molar-refractivity contribution < 1.29 is 60.5 Å². The number of nitrogens with two attached hydrogens (primary N) is 1. The number of piperidine rings is 1. The summed E-state index contributed by atoms with van der Waals surface area (Å²) in [4.78, 5) is 80.0. The SMILES string of the molecule is Nc1ncc(-c2ccc(S(=O)(=O)Nc3cccc(NC(=O)CCNCCOCCOCCOCCOCCCNc4cccc5c4C(=O)N(C4CCC(=O)NC4=O)C5=O)c3)cc2F)cc1-c1ccc2c(c1)CCNC2=O. The van der Waals surface area contributed by atoms with Gasteiger partial charge >= 0.3 is 0 Å². The zero-order chi connectivity index (χ0) is 53.6. The largest absolute Gasteiger partial charge is 0.384 e. The molecule has 0 radical (unpaired) electrons. The molecule has 1 fully saturated rings. The van der Waals surface area contributed by atoms with Crippen LogP contribution in [0, 0.1) is 5.82 Å². The van der Waals surface area contributed by atoms with Gasteiger partial charge < -0.3 is 45.9 Å². The average molecular weight is 1060 g/mol. The maximum atomic E-state index is 15.6. The molecule has 3 aliphatic rings. The summed E-state index contributed by atoms with van der Waals surface area (Å²) < 4.78 is 67.1. The summed E-state index contributed by atoms with van der Waals surface area (Å²) >= 11 is 0. The van der Waals surface area contributed by atoms with Crippen LogP contribution in [0.1, 0.15) is 62.3 Å². The van der Waals surface area contributed by atoms with Gasteiger partial charge in [-0.3, -0.25) is 43.7 Å². The molecule has 0 spiro atoms. The van der Waals surface area contributed by atoms with E-state index in [1.165, 1.54) is 30.5 Å². The highest BCUT2D eigenvalue weighted by molar-refractivity contribution is 7.92. The summed E-state index contributed by atoms with van der Waals surface area (Å²) in [6.07, 6.45) is 2.96. The van der Waals surface area contributed by atoms with E-state index in [1.54, 1.807) is 48.5 Å². The Labute approximate surface area is 437 Å². The van der Waals surface area contributed by atoms with Crippen LogP contribution in [0.15, 0.2) is 96.0 Å². The number of hydrogen-bond donors (Lipinski definition) is 7. The second kappa shape index (κ2) is 25.7. The van der Waals surface area contributed by atoms with Crippen LogP contribution in [0.5, 0.6) is 0 Å². The van der Waals surface area contributed by atoms with E-state index in [-0.39, 0.29) is 64.2 Å². The standard InChI is InChI=1S/C53H58FN9O12S/c54-43-31-38(9-11-39(43)35-29-42(49(55)59-32-35)33-8-10-40-34(28-33)14-18-58-50(40)66)76(70,71)62-37-5-1-4-36(30-37)60-47(65)15-17-56-19-21-73-23-25-75-27-26-74-24-22-72-20-3-16-57-44-7-2-6-41-48(44)53(69)63(52(41)68)45-12-13-46(64)61-51(45)67/h1-2,4-11,28-32,45,56-57,62H,3,12-27H2,(H2,55,59)(H,58,66)(H,60,65)(H,61,64,67). The second-order valence-electron chi connectivity index (χ2n) is 17.8. The van der Waals surface area contributed by atoms with Crippen molar-refractivity contribution in [1.29, 1.82) is 0 Å². The average Bonchev–Trinajstić information content (AvgIpc) is 3.71. The predicted octanol–water partition coefficient (Wildman–Crippen LogP) is 4.11. The summed E-state index contributed by atoms with van der Waals surface area (Å²) in [5.41, 5.74) is 10.8. The molecule has 4 heterocycles. The fourth-order valence-corrected chi connectivity index (χ4v) is 9.80. The number of hydrogen-bond acceptors (Lipinski definition) is 16. The number of fused-ring (bicyclic) bond motifs is 2. The number of sulfonamides is 1. The molecule has 8 N–H and O–H groups in total. The number of carbonyl (C=O) groups excluding carboxylic acids is 6. The number of benzene rings is 4. The molecule has 1 atom stereocenters. The molecular formula is C53H58FN9O12S. The minimum Gasteiger partial charge on any atom is -0.384 e. The van der Waals surface area contributed by atoms with E-state index in [0.717, 1.165) is 16.5 Å². The van der Waals surface area contributed by atoms with Gasteiger partial charge in [-0.05, 0) is 85.0 Å². The Kier molecular flexibility index (Phi) is 18.5. The van der Waals surface area contributed by atoms with E-state index in [1.807, 2.05) is 6.07 Å². The van der Waals surface area contributed by atoms with Gasteiger partial charge in [-0.15, -0.1) is 0 Å². The Morgan fingerprint density at radius 3 is 2.22 bits per heavy atom. The van der Waals surface area contributed by atoms with Crippen molar-refractivity contribution in [3.8, 4) is 22.3 Å². The second-order valence-corrected chi connectivity index (χ2v) is 19.5.